The van der Waals surface area contributed by atoms with Gasteiger partial charge in [-0.1, -0.05) is 121 Å². The minimum absolute atomic E-state index is 0.564. The van der Waals surface area contributed by atoms with Crippen LogP contribution in [0.2, 0.25) is 0 Å². The topological polar surface area (TPSA) is 65.0 Å². The van der Waals surface area contributed by atoms with Crippen LogP contribution in [0.4, 0.5) is 0 Å². The molecule has 0 amide bonds. The maximum absolute atomic E-state index is 6.26. The third kappa shape index (κ3) is 4.75. The van der Waals surface area contributed by atoms with Crippen molar-refractivity contribution in [3.05, 3.63) is 164 Å². The van der Waals surface area contributed by atoms with Crippen LogP contribution in [-0.2, 0) is 0 Å². The van der Waals surface area contributed by atoms with Crippen LogP contribution >= 0.6 is 0 Å². The molecule has 10 aromatic rings. The summed E-state index contributed by atoms with van der Waals surface area (Å²) < 4.78 is 12.5. The average Bonchev–Trinajstić information content (AvgIpc) is 3.76. The van der Waals surface area contributed by atoms with Crippen molar-refractivity contribution >= 4 is 43.9 Å². The summed E-state index contributed by atoms with van der Waals surface area (Å²) in [5.41, 5.74) is 10.4. The number of aromatic nitrogens is 3. The van der Waals surface area contributed by atoms with Crippen LogP contribution in [0.1, 0.15) is 0 Å². The highest BCUT2D eigenvalue weighted by molar-refractivity contribution is 6.12. The van der Waals surface area contributed by atoms with Crippen molar-refractivity contribution < 1.29 is 8.83 Å². The zero-order chi connectivity index (χ0) is 33.0. The third-order valence-electron chi connectivity index (χ3n) is 9.34. The molecular weight excluding hydrogens is 615 g/mol. The predicted octanol–water partition coefficient (Wildman–Crippen LogP) is 12.0. The molecular formula is C45H27N3O2. The Kier molecular flexibility index (Phi) is 6.42. The van der Waals surface area contributed by atoms with Gasteiger partial charge >= 0.3 is 0 Å². The standard InChI is InChI=1S/C45H27N3O2/c1-2-11-28(12-3-1)29-13-8-14-30(25-29)31-15-9-16-32(26-31)43-46-44(33-23-24-35-34-17-4-6-20-38(34)50-41(35)27-33)48-45(47-43)37-19-10-22-40-42(37)36-18-5-7-21-39(36)49-40/h1-27H. The lowest BCUT2D eigenvalue weighted by Gasteiger charge is -2.11. The summed E-state index contributed by atoms with van der Waals surface area (Å²) in [7, 11) is 0. The van der Waals surface area contributed by atoms with Gasteiger partial charge in [0.15, 0.2) is 17.5 Å². The first kappa shape index (κ1) is 28.2. The van der Waals surface area contributed by atoms with Gasteiger partial charge in [-0.3, -0.25) is 0 Å². The second-order valence-corrected chi connectivity index (χ2v) is 12.4. The number of hydrogen-bond acceptors (Lipinski definition) is 5. The number of benzene rings is 7. The highest BCUT2D eigenvalue weighted by Crippen LogP contribution is 2.38. The first-order chi connectivity index (χ1) is 24.7. The largest absolute Gasteiger partial charge is 0.456 e. The van der Waals surface area contributed by atoms with E-state index in [1.54, 1.807) is 0 Å². The minimum Gasteiger partial charge on any atom is -0.456 e. The summed E-state index contributed by atoms with van der Waals surface area (Å²) >= 11 is 0. The zero-order valence-electron chi connectivity index (χ0n) is 26.7. The number of rotatable bonds is 5. The number of furan rings is 2. The van der Waals surface area contributed by atoms with Gasteiger partial charge < -0.3 is 8.83 Å². The average molecular weight is 642 g/mol. The van der Waals surface area contributed by atoms with E-state index in [1.165, 1.54) is 11.1 Å². The maximum atomic E-state index is 6.26. The molecule has 0 radical (unpaired) electrons. The molecule has 7 aromatic carbocycles. The van der Waals surface area contributed by atoms with E-state index < -0.39 is 0 Å². The van der Waals surface area contributed by atoms with Crippen molar-refractivity contribution in [2.45, 2.75) is 0 Å². The van der Waals surface area contributed by atoms with Gasteiger partial charge in [0, 0.05) is 38.2 Å². The van der Waals surface area contributed by atoms with Gasteiger partial charge in [0.2, 0.25) is 0 Å². The monoisotopic (exact) mass is 641 g/mol. The molecule has 0 aliphatic carbocycles. The predicted molar refractivity (Wildman–Crippen MR) is 202 cm³/mol. The van der Waals surface area contributed by atoms with Crippen LogP contribution < -0.4 is 0 Å². The van der Waals surface area contributed by atoms with E-state index in [0.717, 1.165) is 71.7 Å². The van der Waals surface area contributed by atoms with Crippen molar-refractivity contribution in [3.63, 3.8) is 0 Å². The first-order valence-corrected chi connectivity index (χ1v) is 16.6. The van der Waals surface area contributed by atoms with Gasteiger partial charge in [0.05, 0.1) is 0 Å². The van der Waals surface area contributed by atoms with Crippen LogP contribution in [0.25, 0.3) is 100 Å². The molecule has 0 saturated heterocycles. The molecule has 0 saturated carbocycles. The lowest BCUT2D eigenvalue weighted by atomic mass is 9.98. The normalized spacial score (nSPS) is 11.6. The second kappa shape index (κ2) is 11.4. The van der Waals surface area contributed by atoms with Crippen molar-refractivity contribution in [1.29, 1.82) is 0 Å². The Bertz CT molecular complexity index is 2890. The lowest BCUT2D eigenvalue weighted by molar-refractivity contribution is 0.668. The number of hydrogen-bond donors (Lipinski definition) is 0. The summed E-state index contributed by atoms with van der Waals surface area (Å²) in [6, 6.07) is 55.9. The van der Waals surface area contributed by atoms with E-state index >= 15 is 0 Å². The number of fused-ring (bicyclic) bond motifs is 6. The molecule has 0 bridgehead atoms. The van der Waals surface area contributed by atoms with Gasteiger partial charge in [-0.15, -0.1) is 0 Å². The highest BCUT2D eigenvalue weighted by atomic mass is 16.3. The van der Waals surface area contributed by atoms with Crippen LogP contribution in [-0.4, -0.2) is 15.0 Å². The third-order valence-corrected chi connectivity index (χ3v) is 9.34. The molecule has 0 fully saturated rings. The molecule has 5 heteroatoms. The maximum Gasteiger partial charge on any atom is 0.164 e. The minimum atomic E-state index is 0.564. The zero-order valence-corrected chi connectivity index (χ0v) is 26.7. The molecule has 3 aromatic heterocycles. The highest BCUT2D eigenvalue weighted by Gasteiger charge is 2.19. The molecule has 3 heterocycles. The molecule has 0 N–H and O–H groups in total. The van der Waals surface area contributed by atoms with E-state index in [1.807, 2.05) is 60.7 Å². The summed E-state index contributed by atoms with van der Waals surface area (Å²) in [6.45, 7) is 0. The quantitative estimate of drug-likeness (QED) is 0.187. The Hall–Kier alpha value is -6.85. The van der Waals surface area contributed by atoms with E-state index in [2.05, 4.69) is 103 Å². The molecule has 10 rings (SSSR count). The van der Waals surface area contributed by atoms with Crippen molar-refractivity contribution in [1.82, 2.24) is 15.0 Å². The van der Waals surface area contributed by atoms with Crippen LogP contribution in [0.3, 0.4) is 0 Å². The molecule has 0 aliphatic heterocycles. The van der Waals surface area contributed by atoms with E-state index in [0.29, 0.717) is 17.5 Å². The van der Waals surface area contributed by atoms with Crippen molar-refractivity contribution in [3.8, 4) is 56.4 Å². The molecule has 0 spiro atoms. The molecule has 234 valence electrons. The van der Waals surface area contributed by atoms with Crippen molar-refractivity contribution in [2.75, 3.05) is 0 Å². The molecule has 0 unspecified atom stereocenters. The van der Waals surface area contributed by atoms with Crippen LogP contribution in [0.5, 0.6) is 0 Å². The molecule has 5 nitrogen and oxygen atoms in total. The van der Waals surface area contributed by atoms with Crippen LogP contribution in [0.15, 0.2) is 173 Å². The Morgan fingerprint density at radius 2 is 0.800 bits per heavy atom. The smallest absolute Gasteiger partial charge is 0.164 e. The number of para-hydroxylation sites is 2. The van der Waals surface area contributed by atoms with Crippen molar-refractivity contribution in [2.24, 2.45) is 0 Å². The summed E-state index contributed by atoms with van der Waals surface area (Å²) in [6.07, 6.45) is 0. The summed E-state index contributed by atoms with van der Waals surface area (Å²) in [5, 5.41) is 4.13. The van der Waals surface area contributed by atoms with Gasteiger partial charge in [-0.2, -0.15) is 0 Å². The second-order valence-electron chi connectivity index (χ2n) is 12.4. The molecule has 0 aliphatic rings. The Labute approximate surface area is 287 Å². The van der Waals surface area contributed by atoms with Gasteiger partial charge in [-0.25, -0.2) is 15.0 Å². The number of nitrogens with zero attached hydrogens (tertiary/aromatic N) is 3. The summed E-state index contributed by atoms with van der Waals surface area (Å²) in [4.78, 5) is 15.4. The van der Waals surface area contributed by atoms with E-state index in [4.69, 9.17) is 23.8 Å². The Balaban J connectivity index is 1.16. The summed E-state index contributed by atoms with van der Waals surface area (Å²) in [5.74, 6) is 1.72. The molecule has 0 atom stereocenters. The van der Waals surface area contributed by atoms with Gasteiger partial charge in [0.25, 0.3) is 0 Å². The fourth-order valence-electron chi connectivity index (χ4n) is 6.93. The van der Waals surface area contributed by atoms with Crippen LogP contribution in [0, 0.1) is 0 Å². The fourth-order valence-corrected chi connectivity index (χ4v) is 6.93. The SMILES string of the molecule is c1ccc(-c2cccc(-c3cccc(-c4nc(-c5ccc6c(c5)oc5ccccc56)nc(-c5cccc6oc7ccccc7c56)n4)c3)c2)cc1. The van der Waals surface area contributed by atoms with Gasteiger partial charge in [-0.05, 0) is 64.7 Å². The lowest BCUT2D eigenvalue weighted by Crippen LogP contribution is -2.00. The van der Waals surface area contributed by atoms with E-state index in [9.17, 15) is 0 Å². The van der Waals surface area contributed by atoms with E-state index in [-0.39, 0.29) is 0 Å². The Morgan fingerprint density at radius 3 is 1.58 bits per heavy atom. The first-order valence-electron chi connectivity index (χ1n) is 16.6. The molecule has 50 heavy (non-hydrogen) atoms. The fraction of sp³-hybridized carbons (Fsp3) is 0. The Morgan fingerprint density at radius 1 is 0.300 bits per heavy atom. The van der Waals surface area contributed by atoms with Gasteiger partial charge in [0.1, 0.15) is 22.3 Å².